The zero-order valence-electron chi connectivity index (χ0n) is 18.8. The lowest BCUT2D eigenvalue weighted by Crippen LogP contribution is -2.39. The van der Waals surface area contributed by atoms with E-state index in [-0.39, 0.29) is 26.5 Å². The second-order valence-corrected chi connectivity index (χ2v) is 13.9. The SMILES string of the molecule is O[Si](O)(O)OCCCCCCCCCCCC(CCC(Cl)Cl)(CCC(Cl)Cl)CCC(Cl)Cl. The molecule has 0 spiro atoms. The fourth-order valence-electron chi connectivity index (χ4n) is 4.04. The Hall–Kier alpha value is 1.80. The maximum absolute atomic E-state index is 8.77. The molecule has 0 heterocycles. The van der Waals surface area contributed by atoms with E-state index in [4.69, 9.17) is 84.0 Å². The summed E-state index contributed by atoms with van der Waals surface area (Å²) in [6.07, 6.45) is 15.8. The van der Waals surface area contributed by atoms with Crippen LogP contribution >= 0.6 is 69.6 Å². The minimum Gasteiger partial charge on any atom is -0.368 e. The molecule has 0 aliphatic heterocycles. The topological polar surface area (TPSA) is 69.9 Å². The van der Waals surface area contributed by atoms with Gasteiger partial charge in [-0.3, -0.25) is 0 Å². The number of unbranched alkanes of at least 4 members (excludes halogenated alkanes) is 8. The summed E-state index contributed by atoms with van der Waals surface area (Å²) in [5.41, 5.74) is 0.0618. The largest absolute Gasteiger partial charge is 0.671 e. The van der Waals surface area contributed by atoms with Crippen molar-refractivity contribution in [2.75, 3.05) is 6.61 Å². The Kier molecular flexibility index (Phi) is 21.0. The van der Waals surface area contributed by atoms with E-state index < -0.39 is 9.05 Å². The van der Waals surface area contributed by atoms with Crippen LogP contribution in [0.3, 0.4) is 0 Å². The van der Waals surface area contributed by atoms with Crippen molar-refractivity contribution < 1.29 is 18.8 Å². The van der Waals surface area contributed by atoms with Crippen molar-refractivity contribution in [1.29, 1.82) is 0 Å². The molecular weight excluding hydrogens is 557 g/mol. The predicted molar refractivity (Wildman–Crippen MR) is 141 cm³/mol. The van der Waals surface area contributed by atoms with Gasteiger partial charge in [-0.25, -0.2) is 0 Å². The second kappa shape index (κ2) is 19.9. The third kappa shape index (κ3) is 22.3. The van der Waals surface area contributed by atoms with Gasteiger partial charge in [0.15, 0.2) is 0 Å². The van der Waals surface area contributed by atoms with Gasteiger partial charge in [0, 0.05) is 6.61 Å². The summed E-state index contributed by atoms with van der Waals surface area (Å²) < 4.78 is 4.58. The Labute approximate surface area is 225 Å². The first-order valence-corrected chi connectivity index (χ1v) is 16.0. The lowest BCUT2D eigenvalue weighted by molar-refractivity contribution is 0.0618. The first kappa shape index (κ1) is 33.8. The van der Waals surface area contributed by atoms with E-state index >= 15 is 0 Å². The van der Waals surface area contributed by atoms with Gasteiger partial charge in [-0.1, -0.05) is 51.4 Å². The Bertz CT molecular complexity index is 408. The van der Waals surface area contributed by atoms with Crippen LogP contribution in [0.15, 0.2) is 0 Å². The van der Waals surface area contributed by atoms with Gasteiger partial charge in [-0.15, -0.1) is 69.6 Å². The van der Waals surface area contributed by atoms with Crippen LogP contribution in [0.1, 0.15) is 103 Å². The molecule has 0 amide bonds. The van der Waals surface area contributed by atoms with Gasteiger partial charge in [0.1, 0.15) is 14.5 Å². The maximum Gasteiger partial charge on any atom is 0.671 e. The van der Waals surface area contributed by atoms with Crippen LogP contribution in [0.4, 0.5) is 0 Å². The molecule has 0 aliphatic carbocycles. The minimum atomic E-state index is -4.34. The fraction of sp³-hybridized carbons (Fsp3) is 1.00. The summed E-state index contributed by atoms with van der Waals surface area (Å²) in [4.78, 5) is 25.2. The first-order chi connectivity index (χ1) is 15.0. The molecule has 0 radical (unpaired) electrons. The molecule has 0 saturated carbocycles. The molecule has 0 rings (SSSR count). The van der Waals surface area contributed by atoms with Gasteiger partial charge in [0.25, 0.3) is 0 Å². The number of hydrogen-bond acceptors (Lipinski definition) is 4. The third-order valence-corrected chi connectivity index (χ3v) is 7.73. The quantitative estimate of drug-likeness (QED) is 0.0671. The third-order valence-electron chi connectivity index (χ3n) is 5.83. The standard InChI is InChI=1S/C21H40Cl6O4Si/c22-18(23)10-14-21(15-11-19(24)25,16-12-20(26)27)13-8-6-4-2-1-3-5-7-9-17-31-32(28,29)30/h18-20,28-30H,1-17H2. The van der Waals surface area contributed by atoms with E-state index in [1.807, 2.05) is 0 Å². The van der Waals surface area contributed by atoms with Crippen LogP contribution in [0.5, 0.6) is 0 Å². The summed E-state index contributed by atoms with van der Waals surface area (Å²) in [6, 6.07) is 0. The highest BCUT2D eigenvalue weighted by atomic mass is 35.5. The normalized spacial score (nSPS) is 13.1. The van der Waals surface area contributed by atoms with E-state index in [9.17, 15) is 0 Å². The highest BCUT2D eigenvalue weighted by Crippen LogP contribution is 2.43. The number of rotatable bonds is 22. The summed E-state index contributed by atoms with van der Waals surface area (Å²) in [6.45, 7) is 0.189. The van der Waals surface area contributed by atoms with E-state index in [1.165, 1.54) is 25.7 Å². The van der Waals surface area contributed by atoms with Crippen molar-refractivity contribution in [2.45, 2.75) is 117 Å². The van der Waals surface area contributed by atoms with E-state index in [1.54, 1.807) is 0 Å². The monoisotopic (exact) mass is 594 g/mol. The number of halogens is 6. The second-order valence-electron chi connectivity index (χ2n) is 8.64. The van der Waals surface area contributed by atoms with Crippen molar-refractivity contribution in [2.24, 2.45) is 5.41 Å². The molecule has 0 aromatic heterocycles. The average molecular weight is 597 g/mol. The Morgan fingerprint density at radius 3 is 1.22 bits per heavy atom. The maximum atomic E-state index is 8.77. The molecule has 4 nitrogen and oxygen atoms in total. The number of hydrogen-bond donors (Lipinski definition) is 3. The summed E-state index contributed by atoms with van der Waals surface area (Å²) >= 11 is 36.1. The van der Waals surface area contributed by atoms with Crippen LogP contribution in [0.25, 0.3) is 0 Å². The van der Waals surface area contributed by atoms with Gasteiger partial charge in [0.2, 0.25) is 0 Å². The van der Waals surface area contributed by atoms with Crippen LogP contribution in [-0.4, -0.2) is 44.6 Å². The molecule has 0 aromatic rings. The molecule has 0 fully saturated rings. The van der Waals surface area contributed by atoms with Crippen molar-refractivity contribution in [3.8, 4) is 0 Å². The molecule has 0 saturated heterocycles. The molecule has 0 aromatic carbocycles. The van der Waals surface area contributed by atoms with Crippen molar-refractivity contribution in [1.82, 2.24) is 0 Å². The van der Waals surface area contributed by atoms with E-state index in [0.29, 0.717) is 0 Å². The summed E-state index contributed by atoms with van der Waals surface area (Å²) in [5.74, 6) is 0. The fourth-order valence-corrected chi connectivity index (χ4v) is 5.12. The molecule has 3 N–H and O–H groups in total. The lowest BCUT2D eigenvalue weighted by Gasteiger charge is -2.35. The zero-order chi connectivity index (χ0) is 24.5. The van der Waals surface area contributed by atoms with Crippen molar-refractivity contribution >= 4 is 78.7 Å². The number of alkyl halides is 6. The highest BCUT2D eigenvalue weighted by Gasteiger charge is 2.31. The van der Waals surface area contributed by atoms with Crippen LogP contribution in [-0.2, 0) is 4.43 Å². The molecule has 11 heteroatoms. The average Bonchev–Trinajstić information content (AvgIpc) is 2.68. The lowest BCUT2D eigenvalue weighted by atomic mass is 9.72. The molecular formula is C21H40Cl6O4Si. The highest BCUT2D eigenvalue weighted by molar-refractivity contribution is 6.48. The predicted octanol–water partition coefficient (Wildman–Crippen LogP) is 8.05. The smallest absolute Gasteiger partial charge is 0.368 e. The van der Waals surface area contributed by atoms with Gasteiger partial charge < -0.3 is 18.8 Å². The van der Waals surface area contributed by atoms with E-state index in [0.717, 1.165) is 77.0 Å². The first-order valence-electron chi connectivity index (χ1n) is 11.6. The summed E-state index contributed by atoms with van der Waals surface area (Å²) in [7, 11) is -4.34. The van der Waals surface area contributed by atoms with Gasteiger partial charge in [-0.05, 0) is 56.8 Å². The Morgan fingerprint density at radius 1 is 0.531 bits per heavy atom. The van der Waals surface area contributed by atoms with Gasteiger partial charge in [-0.2, -0.15) is 0 Å². The molecule has 0 unspecified atom stereocenters. The van der Waals surface area contributed by atoms with Crippen molar-refractivity contribution in [3.63, 3.8) is 0 Å². The molecule has 32 heavy (non-hydrogen) atoms. The molecule has 0 aliphatic rings. The zero-order valence-corrected chi connectivity index (χ0v) is 24.3. The molecule has 0 atom stereocenters. The Morgan fingerprint density at radius 2 is 0.875 bits per heavy atom. The van der Waals surface area contributed by atoms with Gasteiger partial charge >= 0.3 is 9.05 Å². The Balaban J connectivity index is 4.19. The van der Waals surface area contributed by atoms with Gasteiger partial charge in [0.05, 0.1) is 0 Å². The van der Waals surface area contributed by atoms with Crippen LogP contribution in [0, 0.1) is 5.41 Å². The minimum absolute atomic E-state index is 0.0618. The summed E-state index contributed by atoms with van der Waals surface area (Å²) in [5, 5.41) is 0. The molecule has 0 bridgehead atoms. The molecule has 194 valence electrons. The van der Waals surface area contributed by atoms with Crippen molar-refractivity contribution in [3.05, 3.63) is 0 Å². The van der Waals surface area contributed by atoms with Crippen LogP contribution < -0.4 is 0 Å². The van der Waals surface area contributed by atoms with E-state index in [2.05, 4.69) is 4.43 Å². The van der Waals surface area contributed by atoms with Crippen LogP contribution in [0.2, 0.25) is 0 Å².